The van der Waals surface area contributed by atoms with Crippen molar-refractivity contribution in [3.8, 4) is 0 Å². The number of likely N-dealkylation sites (N-methyl/N-ethyl adjacent to an activating group) is 1. The van der Waals surface area contributed by atoms with E-state index in [-0.39, 0.29) is 24.0 Å². The van der Waals surface area contributed by atoms with E-state index >= 15 is 0 Å². The number of thiophene rings is 1. The average molecular weight is 462 g/mol. The first-order valence-corrected chi connectivity index (χ1v) is 11.7. The summed E-state index contributed by atoms with van der Waals surface area (Å²) in [7, 11) is 2.15. The molecule has 31 heavy (non-hydrogen) atoms. The Hall–Kier alpha value is -1.93. The van der Waals surface area contributed by atoms with Crippen LogP contribution in [0.5, 0.6) is 0 Å². The number of ether oxygens (including phenoxy) is 1. The zero-order valence-corrected chi connectivity index (χ0v) is 19.7. The number of amides is 2. The number of fused-ring (bicyclic) bond motifs is 1. The van der Waals surface area contributed by atoms with E-state index in [0.717, 1.165) is 25.1 Å². The van der Waals surface area contributed by atoms with Crippen LogP contribution in [0.1, 0.15) is 41.1 Å². The van der Waals surface area contributed by atoms with Gasteiger partial charge in [-0.1, -0.05) is 17.7 Å². The van der Waals surface area contributed by atoms with Gasteiger partial charge in [0, 0.05) is 30.8 Å². The summed E-state index contributed by atoms with van der Waals surface area (Å²) < 4.78 is 6.04. The lowest BCUT2D eigenvalue weighted by Crippen LogP contribution is -2.57. The Bertz CT molecular complexity index is 998. The van der Waals surface area contributed by atoms with Crippen molar-refractivity contribution in [2.45, 2.75) is 44.2 Å². The fourth-order valence-corrected chi connectivity index (χ4v) is 5.11. The summed E-state index contributed by atoms with van der Waals surface area (Å²) in [6.45, 7) is 6.05. The number of hydrogen-bond acceptors (Lipinski definition) is 5. The van der Waals surface area contributed by atoms with Crippen molar-refractivity contribution in [1.29, 1.82) is 0 Å². The highest BCUT2D eigenvalue weighted by Gasteiger charge is 2.44. The van der Waals surface area contributed by atoms with Gasteiger partial charge in [0.15, 0.2) is 0 Å². The topological polar surface area (TPSA) is 70.7 Å². The van der Waals surface area contributed by atoms with Crippen molar-refractivity contribution in [2.24, 2.45) is 0 Å². The van der Waals surface area contributed by atoms with E-state index in [1.807, 2.05) is 6.07 Å². The molecule has 0 spiro atoms. The molecule has 1 saturated heterocycles. The summed E-state index contributed by atoms with van der Waals surface area (Å²) in [4.78, 5) is 28.8. The van der Waals surface area contributed by atoms with E-state index < -0.39 is 5.54 Å². The van der Waals surface area contributed by atoms with Crippen LogP contribution in [0.2, 0.25) is 4.34 Å². The van der Waals surface area contributed by atoms with E-state index in [0.29, 0.717) is 22.2 Å². The van der Waals surface area contributed by atoms with E-state index in [4.69, 9.17) is 16.3 Å². The molecule has 1 fully saturated rings. The lowest BCUT2D eigenvalue weighted by molar-refractivity contribution is -0.122. The number of carbonyl (C=O) groups excluding carboxylic acids is 2. The van der Waals surface area contributed by atoms with Gasteiger partial charge >= 0.3 is 0 Å². The number of rotatable bonds is 4. The molecule has 1 aromatic carbocycles. The smallest absolute Gasteiger partial charge is 0.262 e. The predicted molar refractivity (Wildman–Crippen MR) is 124 cm³/mol. The van der Waals surface area contributed by atoms with Gasteiger partial charge in [-0.05, 0) is 69.1 Å². The largest absolute Gasteiger partial charge is 0.378 e. The Morgan fingerprint density at radius 1 is 1.19 bits per heavy atom. The molecule has 2 aliphatic rings. The molecule has 4 rings (SSSR count). The summed E-state index contributed by atoms with van der Waals surface area (Å²) in [5.74, 6) is -0.574. The third-order valence-electron chi connectivity index (χ3n) is 6.44. The van der Waals surface area contributed by atoms with E-state index in [1.54, 1.807) is 12.1 Å². The van der Waals surface area contributed by atoms with Gasteiger partial charge in [0.25, 0.3) is 11.8 Å². The van der Waals surface area contributed by atoms with Crippen molar-refractivity contribution in [3.63, 3.8) is 0 Å². The Labute approximate surface area is 191 Å². The Balaban J connectivity index is 1.53. The summed E-state index contributed by atoms with van der Waals surface area (Å²) in [6, 6.07) is 9.45. The molecule has 3 heterocycles. The van der Waals surface area contributed by atoms with E-state index in [2.05, 4.69) is 48.6 Å². The van der Waals surface area contributed by atoms with Gasteiger partial charge < -0.3 is 20.3 Å². The Kier molecular flexibility index (Phi) is 6.14. The maximum atomic E-state index is 13.3. The lowest BCUT2D eigenvalue weighted by atomic mass is 9.92. The van der Waals surface area contributed by atoms with Gasteiger partial charge in [-0.2, -0.15) is 0 Å². The fourth-order valence-electron chi connectivity index (χ4n) is 4.17. The number of anilines is 1. The van der Waals surface area contributed by atoms with Crippen molar-refractivity contribution < 1.29 is 14.3 Å². The average Bonchev–Trinajstić information content (AvgIpc) is 3.34. The number of carbonyl (C=O) groups is 2. The normalized spacial score (nSPS) is 23.1. The lowest BCUT2D eigenvalue weighted by Gasteiger charge is -2.33. The predicted octanol–water partition coefficient (Wildman–Crippen LogP) is 3.74. The van der Waals surface area contributed by atoms with Gasteiger partial charge in [0.2, 0.25) is 0 Å². The van der Waals surface area contributed by atoms with Crippen LogP contribution in [0.15, 0.2) is 30.3 Å². The number of benzene rings is 1. The highest BCUT2D eigenvalue weighted by atomic mass is 35.5. The molecular formula is C23H28ClN3O3S. The van der Waals surface area contributed by atoms with Gasteiger partial charge in [-0.3, -0.25) is 9.59 Å². The minimum Gasteiger partial charge on any atom is -0.378 e. The number of hydrogen-bond donors (Lipinski definition) is 2. The first-order chi connectivity index (χ1) is 14.7. The molecule has 2 amide bonds. The molecule has 0 aliphatic carbocycles. The number of nitrogens with one attached hydrogen (secondary N) is 2. The molecule has 0 unspecified atom stereocenters. The monoisotopic (exact) mass is 461 g/mol. The van der Waals surface area contributed by atoms with Gasteiger partial charge in [-0.25, -0.2) is 0 Å². The summed E-state index contributed by atoms with van der Waals surface area (Å²) >= 11 is 7.14. The zero-order chi connectivity index (χ0) is 22.2. The van der Waals surface area contributed by atoms with Crippen LogP contribution < -0.4 is 10.6 Å². The maximum absolute atomic E-state index is 13.3. The molecular weight excluding hydrogens is 434 g/mol. The third kappa shape index (κ3) is 4.65. The van der Waals surface area contributed by atoms with Crippen molar-refractivity contribution >= 4 is 40.4 Å². The summed E-state index contributed by atoms with van der Waals surface area (Å²) in [5, 5.41) is 5.93. The first-order valence-electron chi connectivity index (χ1n) is 10.5. The standard InChI is InChI=1S/C23H28ClN3O3S/c1-22(2)13-16-12-17(5-4-15(16)8-10-27(22)3)25-21(29)23(9-11-30-14-23)26-20(28)18-6-7-19(24)31-18/h4-7,12H,8-11,13-14H2,1-3H3,(H,25,29)(H,26,28)/t23-/m0/s1. The van der Waals surface area contributed by atoms with Crippen molar-refractivity contribution in [2.75, 3.05) is 32.1 Å². The molecule has 2 aliphatic heterocycles. The molecule has 2 N–H and O–H groups in total. The van der Waals surface area contributed by atoms with E-state index in [1.165, 1.54) is 22.5 Å². The molecule has 2 aromatic rings. The van der Waals surface area contributed by atoms with Crippen LogP contribution in [0, 0.1) is 0 Å². The quantitative estimate of drug-likeness (QED) is 0.727. The molecule has 6 nitrogen and oxygen atoms in total. The number of nitrogens with zero attached hydrogens (tertiary/aromatic N) is 1. The second-order valence-electron chi connectivity index (χ2n) is 9.04. The van der Waals surface area contributed by atoms with Crippen LogP contribution in [-0.2, 0) is 22.4 Å². The van der Waals surface area contributed by atoms with Crippen LogP contribution in [0.4, 0.5) is 5.69 Å². The Morgan fingerprint density at radius 3 is 2.68 bits per heavy atom. The van der Waals surface area contributed by atoms with Crippen LogP contribution in [0.25, 0.3) is 0 Å². The molecule has 0 bridgehead atoms. The van der Waals surface area contributed by atoms with Gasteiger partial charge in [-0.15, -0.1) is 11.3 Å². The molecule has 0 saturated carbocycles. The minimum atomic E-state index is -1.10. The summed E-state index contributed by atoms with van der Waals surface area (Å²) in [5.41, 5.74) is 2.26. The fraction of sp³-hybridized carbons (Fsp3) is 0.478. The van der Waals surface area contributed by atoms with Crippen molar-refractivity contribution in [1.82, 2.24) is 10.2 Å². The van der Waals surface area contributed by atoms with Crippen LogP contribution >= 0.6 is 22.9 Å². The van der Waals surface area contributed by atoms with Crippen molar-refractivity contribution in [3.05, 3.63) is 50.7 Å². The Morgan fingerprint density at radius 2 is 2.00 bits per heavy atom. The molecule has 1 atom stereocenters. The second kappa shape index (κ2) is 8.54. The number of halogens is 1. The highest BCUT2D eigenvalue weighted by Crippen LogP contribution is 2.29. The van der Waals surface area contributed by atoms with E-state index in [9.17, 15) is 9.59 Å². The molecule has 8 heteroatoms. The third-order valence-corrected chi connectivity index (χ3v) is 7.67. The summed E-state index contributed by atoms with van der Waals surface area (Å²) in [6.07, 6.45) is 2.32. The van der Waals surface area contributed by atoms with Gasteiger partial charge in [0.1, 0.15) is 5.54 Å². The van der Waals surface area contributed by atoms with Crippen LogP contribution in [0.3, 0.4) is 0 Å². The van der Waals surface area contributed by atoms with Gasteiger partial charge in [0.05, 0.1) is 15.8 Å². The zero-order valence-electron chi connectivity index (χ0n) is 18.1. The highest BCUT2D eigenvalue weighted by molar-refractivity contribution is 7.18. The minimum absolute atomic E-state index is 0.0460. The second-order valence-corrected chi connectivity index (χ2v) is 10.8. The SMILES string of the molecule is CN1CCc2ccc(NC(=O)[C@]3(NC(=O)c4ccc(Cl)s4)CCOC3)cc2CC1(C)C. The first kappa shape index (κ1) is 22.3. The molecule has 1 aromatic heterocycles. The van der Waals surface area contributed by atoms with Crippen LogP contribution in [-0.4, -0.2) is 54.6 Å². The molecule has 166 valence electrons. The maximum Gasteiger partial charge on any atom is 0.262 e. The molecule has 0 radical (unpaired) electrons.